The molecule has 2 aliphatic heterocycles. The van der Waals surface area contributed by atoms with E-state index in [1.54, 1.807) is 0 Å². The number of nitrogens with zero attached hydrogens (tertiary/aromatic N) is 3. The Morgan fingerprint density at radius 1 is 1.14 bits per heavy atom. The quantitative estimate of drug-likeness (QED) is 0.685. The minimum absolute atomic E-state index is 0.337. The first-order chi connectivity index (χ1) is 14.0. The predicted octanol–water partition coefficient (Wildman–Crippen LogP) is 4.65. The van der Waals surface area contributed by atoms with Crippen LogP contribution in [0.3, 0.4) is 0 Å². The number of rotatable bonds is 6. The molecule has 154 valence electrons. The summed E-state index contributed by atoms with van der Waals surface area (Å²) >= 11 is 3.47. The Hall–Kier alpha value is -1.89. The molecule has 29 heavy (non-hydrogen) atoms. The molecule has 4 rings (SSSR count). The normalized spacial score (nSPS) is 21.5. The number of hydrazone groups is 1. The second-order valence-corrected chi connectivity index (χ2v) is 9.08. The van der Waals surface area contributed by atoms with Gasteiger partial charge < -0.3 is 9.84 Å². The van der Waals surface area contributed by atoms with E-state index < -0.39 is 5.60 Å². The van der Waals surface area contributed by atoms with E-state index in [2.05, 4.69) is 38.1 Å². The van der Waals surface area contributed by atoms with E-state index in [0.29, 0.717) is 6.04 Å². The highest BCUT2D eigenvalue weighted by Crippen LogP contribution is 2.31. The van der Waals surface area contributed by atoms with Crippen LogP contribution < -0.4 is 4.74 Å². The zero-order chi connectivity index (χ0) is 20.3. The molecular formula is C23H28BrN3O2. The van der Waals surface area contributed by atoms with Gasteiger partial charge in [-0.3, -0.25) is 9.91 Å². The third-order valence-electron chi connectivity index (χ3n) is 5.93. The second-order valence-electron chi connectivity index (χ2n) is 8.17. The molecule has 1 atom stereocenters. The molecule has 1 fully saturated rings. The molecule has 0 saturated carbocycles. The lowest BCUT2D eigenvalue weighted by molar-refractivity contribution is -0.0432. The zero-order valence-corrected chi connectivity index (χ0v) is 18.4. The fraction of sp³-hybridized carbons (Fsp3) is 0.435. The van der Waals surface area contributed by atoms with Crippen LogP contribution in [0, 0.1) is 0 Å². The molecular weight excluding hydrogens is 430 g/mol. The van der Waals surface area contributed by atoms with Gasteiger partial charge in [0.25, 0.3) is 0 Å². The van der Waals surface area contributed by atoms with E-state index in [0.717, 1.165) is 61.3 Å². The predicted molar refractivity (Wildman–Crippen MR) is 119 cm³/mol. The van der Waals surface area contributed by atoms with Crippen molar-refractivity contribution in [3.05, 3.63) is 58.6 Å². The Balaban J connectivity index is 1.27. The molecule has 0 amide bonds. The first kappa shape index (κ1) is 20.4. The van der Waals surface area contributed by atoms with Crippen LogP contribution in [0.25, 0.3) is 0 Å². The Kier molecular flexibility index (Phi) is 6.23. The molecule has 0 aromatic heterocycles. The summed E-state index contributed by atoms with van der Waals surface area (Å²) in [5, 5.41) is 17.3. The topological polar surface area (TPSA) is 48.3 Å². The maximum atomic E-state index is 11.0. The summed E-state index contributed by atoms with van der Waals surface area (Å²) in [5.74, 6) is 1.66. The first-order valence-corrected chi connectivity index (χ1v) is 11.0. The molecule has 0 spiro atoms. The number of aliphatic hydroxyl groups is 1. The molecule has 2 aromatic carbocycles. The van der Waals surface area contributed by atoms with Crippen molar-refractivity contribution in [2.75, 3.05) is 20.1 Å². The fourth-order valence-corrected chi connectivity index (χ4v) is 4.50. The maximum absolute atomic E-state index is 11.0. The average molecular weight is 458 g/mol. The minimum Gasteiger partial charge on any atom is -0.457 e. The molecule has 0 bridgehead atoms. The highest BCUT2D eigenvalue weighted by molar-refractivity contribution is 9.10. The van der Waals surface area contributed by atoms with Crippen LogP contribution >= 0.6 is 15.9 Å². The van der Waals surface area contributed by atoms with Gasteiger partial charge in [-0.25, -0.2) is 0 Å². The van der Waals surface area contributed by atoms with Crippen LogP contribution in [0.1, 0.15) is 31.2 Å². The van der Waals surface area contributed by atoms with Gasteiger partial charge >= 0.3 is 0 Å². The summed E-state index contributed by atoms with van der Waals surface area (Å²) in [4.78, 5) is 2.42. The lowest BCUT2D eigenvalue weighted by Crippen LogP contribution is -2.47. The van der Waals surface area contributed by atoms with Gasteiger partial charge in [0, 0.05) is 43.8 Å². The monoisotopic (exact) mass is 457 g/mol. The van der Waals surface area contributed by atoms with Crippen molar-refractivity contribution in [1.29, 1.82) is 0 Å². The number of likely N-dealkylation sites (tertiary alicyclic amines) is 1. The molecule has 1 unspecified atom stereocenters. The van der Waals surface area contributed by atoms with E-state index >= 15 is 0 Å². The summed E-state index contributed by atoms with van der Waals surface area (Å²) < 4.78 is 6.92. The van der Waals surface area contributed by atoms with Crippen molar-refractivity contribution in [3.63, 3.8) is 0 Å². The number of ether oxygens (including phenoxy) is 1. The van der Waals surface area contributed by atoms with E-state index in [1.807, 2.05) is 54.7 Å². The van der Waals surface area contributed by atoms with Crippen molar-refractivity contribution < 1.29 is 9.84 Å². The van der Waals surface area contributed by atoms with E-state index in [9.17, 15) is 5.11 Å². The van der Waals surface area contributed by atoms with Crippen molar-refractivity contribution in [2.45, 2.75) is 43.9 Å². The van der Waals surface area contributed by atoms with Crippen molar-refractivity contribution in [2.24, 2.45) is 5.10 Å². The smallest absolute Gasteiger partial charge is 0.128 e. The zero-order valence-electron chi connectivity index (χ0n) is 16.8. The highest BCUT2D eigenvalue weighted by Gasteiger charge is 2.36. The van der Waals surface area contributed by atoms with Gasteiger partial charge in [0.2, 0.25) is 0 Å². The summed E-state index contributed by atoms with van der Waals surface area (Å²) in [6, 6.07) is 16.5. The lowest BCUT2D eigenvalue weighted by atomic mass is 9.84. The molecule has 0 radical (unpaired) electrons. The fourth-order valence-electron chi connectivity index (χ4n) is 4.12. The first-order valence-electron chi connectivity index (χ1n) is 10.2. The number of benzene rings is 2. The van der Waals surface area contributed by atoms with Crippen molar-refractivity contribution in [1.82, 2.24) is 9.91 Å². The van der Waals surface area contributed by atoms with E-state index in [-0.39, 0.29) is 0 Å². The van der Waals surface area contributed by atoms with Crippen LogP contribution in [-0.2, 0) is 6.54 Å². The summed E-state index contributed by atoms with van der Waals surface area (Å²) in [6.07, 6.45) is 5.34. The molecule has 2 aliphatic rings. The average Bonchev–Trinajstić information content (AvgIpc) is 3.09. The van der Waals surface area contributed by atoms with Gasteiger partial charge in [-0.15, -0.1) is 0 Å². The molecule has 0 aliphatic carbocycles. The lowest BCUT2D eigenvalue weighted by Gasteiger charge is -2.40. The van der Waals surface area contributed by atoms with Crippen LogP contribution in [0.4, 0.5) is 0 Å². The van der Waals surface area contributed by atoms with Gasteiger partial charge in [0.05, 0.1) is 11.6 Å². The van der Waals surface area contributed by atoms with Gasteiger partial charge in [-0.2, -0.15) is 5.10 Å². The molecule has 6 heteroatoms. The standard InChI is InChI=1S/C23H28BrN3O2/c1-26-20(9-12-25-26)16-23(28)10-13-27(14-11-23)17-18-5-7-21(8-6-18)29-22-4-2-3-19(24)15-22/h2-8,12,15,20,28H,9-11,13-14,16-17H2,1H3. The van der Waals surface area contributed by atoms with Gasteiger partial charge in [-0.1, -0.05) is 34.1 Å². The Bertz CT molecular complexity index is 847. The van der Waals surface area contributed by atoms with Crippen molar-refractivity contribution in [3.8, 4) is 11.5 Å². The Labute approximate surface area is 181 Å². The third kappa shape index (κ3) is 5.38. The highest BCUT2D eigenvalue weighted by atomic mass is 79.9. The van der Waals surface area contributed by atoms with E-state index in [4.69, 9.17) is 4.74 Å². The molecule has 2 aromatic rings. The van der Waals surface area contributed by atoms with Crippen molar-refractivity contribution >= 4 is 22.1 Å². The number of halogens is 1. The Morgan fingerprint density at radius 3 is 2.55 bits per heavy atom. The van der Waals surface area contributed by atoms with Crippen LogP contribution in [0.2, 0.25) is 0 Å². The SMILES string of the molecule is CN1N=CCC1CC1(O)CCN(Cc2ccc(Oc3cccc(Br)c3)cc2)CC1. The summed E-state index contributed by atoms with van der Waals surface area (Å²) in [7, 11) is 2.00. The van der Waals surface area contributed by atoms with Gasteiger partial charge in [0.1, 0.15) is 11.5 Å². The van der Waals surface area contributed by atoms with Gasteiger partial charge in [-0.05, 0) is 55.2 Å². The summed E-state index contributed by atoms with van der Waals surface area (Å²) in [5.41, 5.74) is 0.700. The summed E-state index contributed by atoms with van der Waals surface area (Å²) in [6.45, 7) is 2.74. The van der Waals surface area contributed by atoms with Crippen LogP contribution in [0.15, 0.2) is 58.1 Å². The van der Waals surface area contributed by atoms with Gasteiger partial charge in [0.15, 0.2) is 0 Å². The number of piperidine rings is 1. The largest absolute Gasteiger partial charge is 0.457 e. The van der Waals surface area contributed by atoms with Crippen LogP contribution in [-0.4, -0.2) is 53.0 Å². The second kappa shape index (κ2) is 8.86. The minimum atomic E-state index is -0.565. The maximum Gasteiger partial charge on any atom is 0.128 e. The van der Waals surface area contributed by atoms with E-state index in [1.165, 1.54) is 5.56 Å². The molecule has 2 heterocycles. The Morgan fingerprint density at radius 2 is 1.90 bits per heavy atom. The molecule has 1 saturated heterocycles. The molecule has 5 nitrogen and oxygen atoms in total. The molecule has 1 N–H and O–H groups in total. The third-order valence-corrected chi connectivity index (χ3v) is 6.43. The number of hydrogen-bond acceptors (Lipinski definition) is 5. The number of hydrogen-bond donors (Lipinski definition) is 1. The van der Waals surface area contributed by atoms with Crippen LogP contribution in [0.5, 0.6) is 11.5 Å².